The largest absolute Gasteiger partial charge is 0.480 e. The molecule has 0 radical (unpaired) electrons. The van der Waals surface area contributed by atoms with Crippen LogP contribution in [0.2, 0.25) is 0 Å². The summed E-state index contributed by atoms with van der Waals surface area (Å²) in [7, 11) is 0. The van der Waals surface area contributed by atoms with E-state index in [1.54, 1.807) is 6.26 Å². The molecule has 0 bridgehead atoms. The Balaban J connectivity index is 5.92. The quantitative estimate of drug-likeness (QED) is 0.0234. The third-order valence-corrected chi connectivity index (χ3v) is 7.96. The zero-order valence-electron chi connectivity index (χ0n) is 30.1. The zero-order valence-corrected chi connectivity index (χ0v) is 30.9. The van der Waals surface area contributed by atoms with Crippen LogP contribution in [0.1, 0.15) is 53.4 Å². The maximum atomic E-state index is 13.4. The van der Waals surface area contributed by atoms with Gasteiger partial charge >= 0.3 is 5.97 Å². The number of carboxylic acids is 1. The zero-order chi connectivity index (χ0) is 40.1. The second kappa shape index (κ2) is 24.9. The molecule has 8 atom stereocenters. The highest BCUT2D eigenvalue weighted by molar-refractivity contribution is 7.98. The van der Waals surface area contributed by atoms with Gasteiger partial charge in [-0.15, -0.1) is 0 Å². The van der Waals surface area contributed by atoms with Gasteiger partial charge in [-0.1, -0.05) is 13.8 Å². The average molecular weight is 765 g/mol. The topological polar surface area (TPSA) is 363 Å². The first kappa shape index (κ1) is 47.8. The van der Waals surface area contributed by atoms with Gasteiger partial charge in [0.25, 0.3) is 0 Å². The molecule has 0 aliphatic carbocycles. The van der Waals surface area contributed by atoms with Gasteiger partial charge in [0.05, 0.1) is 25.4 Å². The van der Waals surface area contributed by atoms with Crippen LogP contribution in [0.15, 0.2) is 4.99 Å². The number of carbonyl (C=O) groups excluding carboxylic acids is 6. The van der Waals surface area contributed by atoms with E-state index in [2.05, 4.69) is 31.6 Å². The van der Waals surface area contributed by atoms with E-state index >= 15 is 0 Å². The fourth-order valence-corrected chi connectivity index (χ4v) is 4.89. The molecule has 16 N–H and O–H groups in total. The number of thioether (sulfide) groups is 1. The number of nitrogens with zero attached hydrogens (tertiary/aromatic N) is 1. The lowest BCUT2D eigenvalue weighted by Gasteiger charge is -2.27. The molecule has 21 nitrogen and oxygen atoms in total. The molecule has 52 heavy (non-hydrogen) atoms. The molecular weight excluding hydrogens is 708 g/mol. The summed E-state index contributed by atoms with van der Waals surface area (Å²) >= 11 is 1.40. The number of carboxylic acid groups (broad SMARTS) is 1. The number of aliphatic carboxylic acids is 1. The van der Waals surface area contributed by atoms with Gasteiger partial charge < -0.3 is 69.5 Å². The summed E-state index contributed by atoms with van der Waals surface area (Å²) in [6.45, 7) is 4.32. The monoisotopic (exact) mass is 764 g/mol. The Hall–Kier alpha value is -4.25. The maximum Gasteiger partial charge on any atom is 0.328 e. The summed E-state index contributed by atoms with van der Waals surface area (Å²) < 4.78 is 0. The molecule has 298 valence electrons. The number of carbonyl (C=O) groups is 7. The Morgan fingerprint density at radius 3 is 1.69 bits per heavy atom. The molecule has 0 aromatic rings. The molecule has 0 aromatic carbocycles. The lowest BCUT2D eigenvalue weighted by molar-refractivity contribution is -0.143. The minimum absolute atomic E-state index is 0.0331. The van der Waals surface area contributed by atoms with Gasteiger partial charge in [0.2, 0.25) is 35.4 Å². The predicted molar refractivity (Wildman–Crippen MR) is 191 cm³/mol. The number of guanidine groups is 1. The number of aliphatic hydroxyl groups is 3. The minimum atomic E-state index is -1.73. The molecule has 0 saturated carbocycles. The van der Waals surface area contributed by atoms with Crippen molar-refractivity contribution in [2.45, 2.75) is 102 Å². The molecule has 0 spiro atoms. The summed E-state index contributed by atoms with van der Waals surface area (Å²) in [5.74, 6) is -6.60. The number of nitrogens with two attached hydrogens (primary N) is 3. The van der Waals surface area contributed by atoms with Gasteiger partial charge in [-0.2, -0.15) is 11.8 Å². The van der Waals surface area contributed by atoms with Crippen LogP contribution in [0.4, 0.5) is 0 Å². The van der Waals surface area contributed by atoms with Crippen molar-refractivity contribution in [1.29, 1.82) is 0 Å². The van der Waals surface area contributed by atoms with E-state index in [0.29, 0.717) is 12.2 Å². The molecule has 0 fully saturated rings. The summed E-state index contributed by atoms with van der Waals surface area (Å²) in [5.41, 5.74) is 16.6. The van der Waals surface area contributed by atoms with Gasteiger partial charge in [0.15, 0.2) is 5.96 Å². The first-order valence-corrected chi connectivity index (χ1v) is 17.9. The highest BCUT2D eigenvalue weighted by Gasteiger charge is 2.34. The summed E-state index contributed by atoms with van der Waals surface area (Å²) in [6, 6.07) is -9.75. The van der Waals surface area contributed by atoms with Crippen LogP contribution in [-0.4, -0.2) is 148 Å². The Morgan fingerprint density at radius 2 is 1.19 bits per heavy atom. The Morgan fingerprint density at radius 1 is 0.692 bits per heavy atom. The highest BCUT2D eigenvalue weighted by atomic mass is 32.2. The molecule has 0 aromatic heterocycles. The predicted octanol–water partition coefficient (Wildman–Crippen LogP) is -5.45. The number of aliphatic imine (C=N–C) groups is 1. The molecule has 0 heterocycles. The molecule has 0 aliphatic heterocycles. The molecular formula is C30H56N10O11S. The second-order valence-corrected chi connectivity index (χ2v) is 13.4. The van der Waals surface area contributed by atoms with Crippen LogP contribution in [0.25, 0.3) is 0 Å². The molecule has 0 unspecified atom stereocenters. The van der Waals surface area contributed by atoms with Crippen molar-refractivity contribution in [3.8, 4) is 0 Å². The summed E-state index contributed by atoms with van der Waals surface area (Å²) in [5, 5.41) is 52.5. The van der Waals surface area contributed by atoms with Crippen molar-refractivity contribution in [2.75, 3.05) is 31.8 Å². The van der Waals surface area contributed by atoms with Gasteiger partial charge in [-0.25, -0.2) is 4.79 Å². The second-order valence-electron chi connectivity index (χ2n) is 12.4. The number of hydrogen-bond donors (Lipinski definition) is 13. The minimum Gasteiger partial charge on any atom is -0.480 e. The fraction of sp³-hybridized carbons (Fsp3) is 0.733. The third-order valence-electron chi connectivity index (χ3n) is 7.31. The molecule has 6 amide bonds. The van der Waals surface area contributed by atoms with Crippen LogP contribution in [0.5, 0.6) is 0 Å². The van der Waals surface area contributed by atoms with Crippen molar-refractivity contribution < 1.29 is 54.0 Å². The van der Waals surface area contributed by atoms with Crippen molar-refractivity contribution in [3.05, 3.63) is 0 Å². The lowest BCUT2D eigenvalue weighted by atomic mass is 10.0. The van der Waals surface area contributed by atoms with Crippen LogP contribution in [0, 0.1) is 5.92 Å². The van der Waals surface area contributed by atoms with Gasteiger partial charge in [0, 0.05) is 6.54 Å². The van der Waals surface area contributed by atoms with E-state index in [-0.39, 0.29) is 37.7 Å². The smallest absolute Gasteiger partial charge is 0.328 e. The van der Waals surface area contributed by atoms with Crippen molar-refractivity contribution in [3.63, 3.8) is 0 Å². The maximum absolute atomic E-state index is 13.4. The Labute approximate surface area is 306 Å². The number of rotatable bonds is 25. The van der Waals surface area contributed by atoms with E-state index in [0.717, 1.165) is 6.92 Å². The van der Waals surface area contributed by atoms with Crippen molar-refractivity contribution in [2.24, 2.45) is 28.1 Å². The lowest BCUT2D eigenvalue weighted by Crippen LogP contribution is -2.62. The average Bonchev–Trinajstić information content (AvgIpc) is 3.06. The normalized spacial score (nSPS) is 15.7. The van der Waals surface area contributed by atoms with Gasteiger partial charge in [-0.3, -0.25) is 33.8 Å². The van der Waals surface area contributed by atoms with E-state index in [1.165, 1.54) is 18.7 Å². The number of amides is 6. The summed E-state index contributed by atoms with van der Waals surface area (Å²) in [6.07, 6.45) is 0.757. The number of nitrogens with one attached hydrogen (secondary N) is 6. The van der Waals surface area contributed by atoms with E-state index < -0.39 is 103 Å². The Kier molecular flexibility index (Phi) is 22.8. The van der Waals surface area contributed by atoms with E-state index in [1.807, 2.05) is 19.2 Å². The first-order valence-electron chi connectivity index (χ1n) is 16.5. The van der Waals surface area contributed by atoms with Gasteiger partial charge in [-0.05, 0) is 57.5 Å². The number of hydrogen-bond acceptors (Lipinski definition) is 13. The van der Waals surface area contributed by atoms with Crippen molar-refractivity contribution in [1.82, 2.24) is 31.9 Å². The van der Waals surface area contributed by atoms with Crippen LogP contribution in [-0.2, 0) is 33.6 Å². The van der Waals surface area contributed by atoms with Gasteiger partial charge in [0.1, 0.15) is 36.3 Å². The standard InChI is InChI=1S/C30H56N10O11S/c1-14(2)11-17(31)24(45)36-19(8-10-52-5)26(47)38-20(12-41)27(48)40-22(16(4)43)28(49)37-18(7-6-9-34-30(32)33)25(46)35-15(3)23(44)39-21(13-42)29(50)51/h14-22,41-43H,6-13,31H2,1-5H3,(H,35,46)(H,36,45)(H,37,49)(H,38,47)(H,39,44)(H,40,48)(H,50,51)(H4,32,33,34)/t15-,16+,17-,18-,19-,20-,21-,22-/m0/s1. The fourth-order valence-electron chi connectivity index (χ4n) is 4.42. The SMILES string of the molecule is CSCC[C@H](NC(=O)[C@@H](N)CC(C)C)C(=O)N[C@@H](CO)C(=O)N[C@H](C(=O)N[C@@H](CCCN=C(N)N)C(=O)N[C@@H](C)C(=O)N[C@@H](CO)C(=O)O)[C@@H](C)O. The highest BCUT2D eigenvalue weighted by Crippen LogP contribution is 2.07. The van der Waals surface area contributed by atoms with E-state index in [4.69, 9.17) is 22.3 Å². The van der Waals surface area contributed by atoms with E-state index in [9.17, 15) is 48.9 Å². The third kappa shape index (κ3) is 18.3. The molecule has 0 aliphatic rings. The van der Waals surface area contributed by atoms with Crippen LogP contribution < -0.4 is 49.1 Å². The molecule has 22 heteroatoms. The van der Waals surface area contributed by atoms with Crippen LogP contribution >= 0.6 is 11.8 Å². The molecule has 0 rings (SSSR count). The summed E-state index contributed by atoms with van der Waals surface area (Å²) in [4.78, 5) is 92.9. The van der Waals surface area contributed by atoms with Crippen molar-refractivity contribution >= 4 is 59.1 Å². The number of aliphatic hydroxyl groups excluding tert-OH is 3. The van der Waals surface area contributed by atoms with Crippen LogP contribution in [0.3, 0.4) is 0 Å². The molecule has 0 saturated heterocycles. The first-order chi connectivity index (χ1) is 24.3. The Bertz CT molecular complexity index is 1240.